The molecular formula is C30H33N9O2. The molecule has 2 fully saturated rings. The molecule has 5 heterocycles. The largest absolute Gasteiger partial charge is 0.369 e. The van der Waals surface area contributed by atoms with Crippen molar-refractivity contribution in [2.75, 3.05) is 54.9 Å². The van der Waals surface area contributed by atoms with Crippen LogP contribution in [0.2, 0.25) is 0 Å². The monoisotopic (exact) mass is 551 g/mol. The van der Waals surface area contributed by atoms with Gasteiger partial charge >= 0.3 is 0 Å². The van der Waals surface area contributed by atoms with E-state index in [2.05, 4.69) is 45.9 Å². The fourth-order valence-corrected chi connectivity index (χ4v) is 6.06. The Morgan fingerprint density at radius 3 is 2.46 bits per heavy atom. The van der Waals surface area contributed by atoms with Gasteiger partial charge in [-0.2, -0.15) is 4.98 Å². The van der Waals surface area contributed by atoms with E-state index in [0.29, 0.717) is 35.2 Å². The number of carbonyl (C=O) groups excluding carboxylic acids is 1. The third-order valence-electron chi connectivity index (χ3n) is 8.54. The van der Waals surface area contributed by atoms with E-state index in [1.54, 1.807) is 26.5 Å². The number of carbonyl (C=O) groups is 1. The van der Waals surface area contributed by atoms with Gasteiger partial charge in [-0.05, 0) is 57.1 Å². The van der Waals surface area contributed by atoms with Crippen LogP contribution in [0, 0.1) is 0 Å². The van der Waals surface area contributed by atoms with Gasteiger partial charge in [0.1, 0.15) is 11.2 Å². The Morgan fingerprint density at radius 1 is 1.02 bits per heavy atom. The van der Waals surface area contributed by atoms with Crippen LogP contribution in [0.25, 0.3) is 16.9 Å². The lowest BCUT2D eigenvalue weighted by Crippen LogP contribution is -2.44. The van der Waals surface area contributed by atoms with E-state index in [-0.39, 0.29) is 18.0 Å². The van der Waals surface area contributed by atoms with Crippen molar-refractivity contribution in [3.63, 3.8) is 0 Å². The highest BCUT2D eigenvalue weighted by Crippen LogP contribution is 2.56. The molecule has 0 unspecified atom stereocenters. The zero-order valence-corrected chi connectivity index (χ0v) is 23.4. The Kier molecular flexibility index (Phi) is 5.93. The number of pyridine rings is 1. The minimum Gasteiger partial charge on any atom is -0.369 e. The van der Waals surface area contributed by atoms with Crippen molar-refractivity contribution in [3.8, 4) is 5.82 Å². The Hall–Kier alpha value is -4.51. The molecule has 41 heavy (non-hydrogen) atoms. The average molecular weight is 552 g/mol. The first-order valence-corrected chi connectivity index (χ1v) is 14.2. The molecule has 2 aliphatic heterocycles. The number of nitrogens with one attached hydrogen (secondary N) is 1. The molecule has 3 aliphatic rings. The molecule has 1 aliphatic carbocycles. The van der Waals surface area contributed by atoms with Crippen LogP contribution in [0.1, 0.15) is 25.3 Å². The predicted molar refractivity (Wildman–Crippen MR) is 159 cm³/mol. The Morgan fingerprint density at radius 2 is 1.78 bits per heavy atom. The number of benzene rings is 1. The van der Waals surface area contributed by atoms with E-state index in [1.807, 2.05) is 31.2 Å². The van der Waals surface area contributed by atoms with Crippen molar-refractivity contribution in [2.45, 2.75) is 31.7 Å². The smallest absolute Gasteiger partial charge is 0.278 e. The first kappa shape index (κ1) is 25.5. The zero-order valence-electron chi connectivity index (χ0n) is 23.4. The number of likely N-dealkylation sites (N-methyl/N-ethyl adjacent to an activating group) is 2. The van der Waals surface area contributed by atoms with Crippen molar-refractivity contribution in [2.24, 2.45) is 0 Å². The number of hydrogen-bond donors (Lipinski definition) is 1. The summed E-state index contributed by atoms with van der Waals surface area (Å²) in [4.78, 5) is 47.1. The number of piperazine rings is 1. The second-order valence-electron chi connectivity index (χ2n) is 11.1. The molecule has 11 heteroatoms. The fraction of sp³-hybridized carbons (Fsp3) is 0.367. The lowest BCUT2D eigenvalue weighted by molar-refractivity contribution is -0.120. The first-order chi connectivity index (χ1) is 19.9. The summed E-state index contributed by atoms with van der Waals surface area (Å²) in [7, 11) is 2.15. The number of anilines is 4. The van der Waals surface area contributed by atoms with Crippen LogP contribution in [0.5, 0.6) is 0 Å². The van der Waals surface area contributed by atoms with Gasteiger partial charge in [0.05, 0.1) is 12.0 Å². The molecule has 0 radical (unpaired) electrons. The highest BCUT2D eigenvalue weighted by molar-refractivity contribution is 6.09. The molecule has 7 rings (SSSR count). The quantitative estimate of drug-likeness (QED) is 0.350. The fourth-order valence-electron chi connectivity index (χ4n) is 6.06. The number of rotatable bonds is 7. The SMILES string of the molecule is C=CCn1c(=O)c2cnc(Nc3ccc(N4CCN(C)CC4)cc3)nc2n1-c1ccc2c(n1)N(CC)C(=O)C21CC1. The predicted octanol–water partition coefficient (Wildman–Crippen LogP) is 3.06. The summed E-state index contributed by atoms with van der Waals surface area (Å²) in [5, 5.41) is 3.67. The molecule has 1 N–H and O–H groups in total. The highest BCUT2D eigenvalue weighted by Gasteiger charge is 2.59. The van der Waals surface area contributed by atoms with Crippen molar-refractivity contribution in [3.05, 3.63) is 71.2 Å². The topological polar surface area (TPSA) is 104 Å². The Bertz CT molecular complexity index is 1730. The molecule has 1 saturated heterocycles. The molecule has 0 atom stereocenters. The molecule has 4 aromatic rings. The normalized spacial score (nSPS) is 17.9. The van der Waals surface area contributed by atoms with Crippen LogP contribution in [0.3, 0.4) is 0 Å². The van der Waals surface area contributed by atoms with Gasteiger partial charge in [-0.1, -0.05) is 12.1 Å². The van der Waals surface area contributed by atoms with E-state index in [9.17, 15) is 9.59 Å². The van der Waals surface area contributed by atoms with Crippen LogP contribution in [-0.4, -0.2) is 74.9 Å². The average Bonchev–Trinajstić information content (AvgIpc) is 3.70. The van der Waals surface area contributed by atoms with Gasteiger partial charge in [-0.25, -0.2) is 19.3 Å². The number of hydrogen-bond acceptors (Lipinski definition) is 8. The van der Waals surface area contributed by atoms with E-state index >= 15 is 0 Å². The van der Waals surface area contributed by atoms with Crippen LogP contribution in [0.15, 0.2) is 60.0 Å². The molecule has 1 amide bonds. The Labute approximate surface area is 237 Å². The second-order valence-corrected chi connectivity index (χ2v) is 11.1. The van der Waals surface area contributed by atoms with Crippen molar-refractivity contribution < 1.29 is 4.79 Å². The maximum absolute atomic E-state index is 13.4. The van der Waals surface area contributed by atoms with E-state index in [1.165, 1.54) is 5.69 Å². The highest BCUT2D eigenvalue weighted by atomic mass is 16.2. The molecule has 0 bridgehead atoms. The summed E-state index contributed by atoms with van der Waals surface area (Å²) in [5.41, 5.74) is 2.79. The lowest BCUT2D eigenvalue weighted by Gasteiger charge is -2.34. The molecular weight excluding hydrogens is 518 g/mol. The summed E-state index contributed by atoms with van der Waals surface area (Å²) in [6, 6.07) is 12.1. The van der Waals surface area contributed by atoms with Crippen molar-refractivity contribution >= 4 is 40.1 Å². The number of fused-ring (bicyclic) bond motifs is 3. The molecule has 1 saturated carbocycles. The van der Waals surface area contributed by atoms with E-state index in [0.717, 1.165) is 50.3 Å². The van der Waals surface area contributed by atoms with Crippen molar-refractivity contribution in [1.29, 1.82) is 0 Å². The van der Waals surface area contributed by atoms with Gasteiger partial charge in [0, 0.05) is 55.9 Å². The summed E-state index contributed by atoms with van der Waals surface area (Å²) >= 11 is 0. The number of allylic oxidation sites excluding steroid dienone is 1. The molecule has 1 spiro atoms. The first-order valence-electron chi connectivity index (χ1n) is 14.2. The number of nitrogens with zero attached hydrogens (tertiary/aromatic N) is 8. The third-order valence-corrected chi connectivity index (χ3v) is 8.54. The molecule has 1 aromatic carbocycles. The summed E-state index contributed by atoms with van der Waals surface area (Å²) < 4.78 is 3.26. The van der Waals surface area contributed by atoms with E-state index in [4.69, 9.17) is 9.97 Å². The van der Waals surface area contributed by atoms with Crippen molar-refractivity contribution in [1.82, 2.24) is 29.2 Å². The summed E-state index contributed by atoms with van der Waals surface area (Å²) in [6.07, 6.45) is 4.92. The van der Waals surface area contributed by atoms with Gasteiger partial charge in [0.15, 0.2) is 11.5 Å². The number of aromatic nitrogens is 5. The van der Waals surface area contributed by atoms with Gasteiger partial charge in [-0.15, -0.1) is 6.58 Å². The lowest BCUT2D eigenvalue weighted by atomic mass is 10.00. The standard InChI is InChI=1S/C30H33N9O2/c1-4-14-38-27(40)22-19-31-29(32-20-6-8-21(9-7-20)36-17-15-35(3)16-18-36)34-25(22)39(38)24-11-10-23-26(33-24)37(5-2)28(41)30(23)12-13-30/h4,6-11,19H,1,5,12-18H2,2-3H3,(H,31,32,34). The third kappa shape index (κ3) is 4.02. The molecule has 11 nitrogen and oxygen atoms in total. The van der Waals surface area contributed by atoms with Crippen LogP contribution >= 0.6 is 0 Å². The second kappa shape index (κ2) is 9.55. The van der Waals surface area contributed by atoms with Gasteiger partial charge < -0.3 is 15.1 Å². The summed E-state index contributed by atoms with van der Waals surface area (Å²) in [6.45, 7) is 10.7. The maximum Gasteiger partial charge on any atom is 0.278 e. The minimum atomic E-state index is -0.421. The zero-order chi connectivity index (χ0) is 28.3. The van der Waals surface area contributed by atoms with Gasteiger partial charge in [0.2, 0.25) is 11.9 Å². The maximum atomic E-state index is 13.4. The number of amides is 1. The minimum absolute atomic E-state index is 0.118. The van der Waals surface area contributed by atoms with Crippen LogP contribution in [-0.2, 0) is 16.8 Å². The molecule has 3 aromatic heterocycles. The van der Waals surface area contributed by atoms with Gasteiger partial charge in [-0.3, -0.25) is 14.5 Å². The van der Waals surface area contributed by atoms with Crippen LogP contribution in [0.4, 0.5) is 23.1 Å². The Balaban J connectivity index is 1.25. The molecule has 210 valence electrons. The van der Waals surface area contributed by atoms with Crippen LogP contribution < -0.4 is 20.7 Å². The summed E-state index contributed by atoms with van der Waals surface area (Å²) in [5.74, 6) is 1.67. The van der Waals surface area contributed by atoms with E-state index < -0.39 is 5.41 Å². The van der Waals surface area contributed by atoms with Gasteiger partial charge in [0.25, 0.3) is 5.56 Å².